The average molecular weight is 348 g/mol. The van der Waals surface area contributed by atoms with E-state index in [9.17, 15) is 4.79 Å². The van der Waals surface area contributed by atoms with E-state index >= 15 is 0 Å². The molecule has 0 aromatic carbocycles. The molecule has 2 aromatic heterocycles. The number of pyridine rings is 1. The van der Waals surface area contributed by atoms with Gasteiger partial charge in [0.05, 0.1) is 18.5 Å². The smallest absolute Gasteiger partial charge is 0.415 e. The zero-order valence-corrected chi connectivity index (χ0v) is 15.5. The van der Waals surface area contributed by atoms with Gasteiger partial charge < -0.3 is 13.9 Å². The Balaban J connectivity index is 2.45. The molecule has 1 amide bonds. The fourth-order valence-electron chi connectivity index (χ4n) is 2.28. The Morgan fingerprint density at radius 3 is 2.60 bits per heavy atom. The molecule has 0 saturated heterocycles. The van der Waals surface area contributed by atoms with Gasteiger partial charge in [0.15, 0.2) is 0 Å². The molecule has 2 aromatic rings. The number of carbonyl (C=O) groups is 1. The first kappa shape index (κ1) is 18.7. The van der Waals surface area contributed by atoms with E-state index in [1.165, 1.54) is 11.3 Å². The minimum Gasteiger partial charge on any atom is -0.481 e. The molecular weight excluding hydrogens is 324 g/mol. The Morgan fingerprint density at radius 2 is 2.08 bits per heavy atom. The molecule has 0 saturated carbocycles. The van der Waals surface area contributed by atoms with Gasteiger partial charge in [0, 0.05) is 5.56 Å². The van der Waals surface area contributed by atoms with Crippen molar-refractivity contribution in [1.82, 2.24) is 15.2 Å². The van der Waals surface area contributed by atoms with E-state index in [4.69, 9.17) is 13.9 Å². The normalized spacial score (nSPS) is 11.3. The molecule has 0 aliphatic heterocycles. The van der Waals surface area contributed by atoms with Gasteiger partial charge in [0.1, 0.15) is 12.1 Å². The summed E-state index contributed by atoms with van der Waals surface area (Å²) in [6.07, 6.45) is 1.42. The largest absolute Gasteiger partial charge is 0.481 e. The topological polar surface area (TPSA) is 90.6 Å². The monoisotopic (exact) mass is 348 g/mol. The highest BCUT2D eigenvalue weighted by Gasteiger charge is 2.27. The third-order valence-electron chi connectivity index (χ3n) is 3.40. The summed E-state index contributed by atoms with van der Waals surface area (Å²) < 4.78 is 16.0. The van der Waals surface area contributed by atoms with Crippen molar-refractivity contribution in [3.8, 4) is 5.88 Å². The lowest BCUT2D eigenvalue weighted by Crippen LogP contribution is -2.37. The average Bonchev–Trinajstić information content (AvgIpc) is 3.04. The third-order valence-corrected chi connectivity index (χ3v) is 3.40. The van der Waals surface area contributed by atoms with Gasteiger partial charge in [-0.05, 0) is 40.2 Å². The number of carbonyl (C=O) groups excluding carboxylic acids is 1. The molecule has 2 heterocycles. The summed E-state index contributed by atoms with van der Waals surface area (Å²) in [7, 11) is 1.57. The molecule has 0 atom stereocenters. The van der Waals surface area contributed by atoms with Crippen molar-refractivity contribution in [2.45, 2.75) is 53.2 Å². The second-order valence-electron chi connectivity index (χ2n) is 6.51. The number of anilines is 1. The van der Waals surface area contributed by atoms with Crippen LogP contribution in [0.5, 0.6) is 5.88 Å². The number of aryl methyl sites for hydroxylation is 2. The van der Waals surface area contributed by atoms with Crippen molar-refractivity contribution in [2.75, 3.05) is 12.0 Å². The standard InChI is InChI=1S/C17H24N4O4/c1-7-12-8-13(11(2)19-15(12)23-6)21(9-14-20-18-10-24-14)16(22)25-17(3,4)5/h8,10H,7,9H2,1-6H3. The third kappa shape index (κ3) is 4.68. The van der Waals surface area contributed by atoms with Crippen molar-refractivity contribution in [3.63, 3.8) is 0 Å². The molecule has 0 bridgehead atoms. The van der Waals surface area contributed by atoms with Crippen LogP contribution >= 0.6 is 0 Å². The zero-order chi connectivity index (χ0) is 18.6. The highest BCUT2D eigenvalue weighted by Crippen LogP contribution is 2.29. The highest BCUT2D eigenvalue weighted by molar-refractivity contribution is 5.88. The van der Waals surface area contributed by atoms with Crippen LogP contribution < -0.4 is 9.64 Å². The summed E-state index contributed by atoms with van der Waals surface area (Å²) in [5.41, 5.74) is 1.51. The molecule has 0 N–H and O–H groups in total. The van der Waals surface area contributed by atoms with Crippen LogP contribution in [0.2, 0.25) is 0 Å². The number of methoxy groups -OCH3 is 1. The van der Waals surface area contributed by atoms with Crippen LogP contribution in [0, 0.1) is 6.92 Å². The first-order valence-corrected chi connectivity index (χ1v) is 8.05. The van der Waals surface area contributed by atoms with Crippen molar-refractivity contribution in [1.29, 1.82) is 0 Å². The van der Waals surface area contributed by atoms with E-state index in [0.29, 0.717) is 29.6 Å². The summed E-state index contributed by atoms with van der Waals surface area (Å²) in [4.78, 5) is 18.6. The SMILES string of the molecule is CCc1cc(N(Cc2nnco2)C(=O)OC(C)(C)C)c(C)nc1OC. The van der Waals surface area contributed by atoms with E-state index < -0.39 is 11.7 Å². The van der Waals surface area contributed by atoms with Gasteiger partial charge in [0.2, 0.25) is 18.2 Å². The predicted octanol–water partition coefficient (Wildman–Crippen LogP) is 3.29. The summed E-state index contributed by atoms with van der Waals surface area (Å²) in [5.74, 6) is 0.852. The Kier molecular flexibility index (Phi) is 5.61. The second-order valence-corrected chi connectivity index (χ2v) is 6.51. The van der Waals surface area contributed by atoms with Crippen molar-refractivity contribution in [2.24, 2.45) is 0 Å². The number of nitrogens with zero attached hydrogens (tertiary/aromatic N) is 4. The lowest BCUT2D eigenvalue weighted by molar-refractivity contribution is 0.0574. The molecule has 0 unspecified atom stereocenters. The van der Waals surface area contributed by atoms with E-state index in [1.807, 2.05) is 40.7 Å². The number of hydrogen-bond donors (Lipinski definition) is 0. The van der Waals surface area contributed by atoms with Crippen LogP contribution in [0.25, 0.3) is 0 Å². The van der Waals surface area contributed by atoms with Gasteiger partial charge in [-0.1, -0.05) is 6.92 Å². The zero-order valence-electron chi connectivity index (χ0n) is 15.5. The van der Waals surface area contributed by atoms with Crippen molar-refractivity contribution >= 4 is 11.8 Å². The fraction of sp³-hybridized carbons (Fsp3) is 0.529. The van der Waals surface area contributed by atoms with Gasteiger partial charge in [-0.2, -0.15) is 0 Å². The van der Waals surface area contributed by atoms with E-state index in [1.54, 1.807) is 7.11 Å². The molecule has 2 rings (SSSR count). The minimum absolute atomic E-state index is 0.0902. The van der Waals surface area contributed by atoms with Gasteiger partial charge in [-0.15, -0.1) is 10.2 Å². The van der Waals surface area contributed by atoms with E-state index in [2.05, 4.69) is 15.2 Å². The highest BCUT2D eigenvalue weighted by atomic mass is 16.6. The summed E-state index contributed by atoms with van der Waals surface area (Å²) in [5, 5.41) is 7.51. The number of amides is 1. The maximum absolute atomic E-state index is 12.7. The number of rotatable bonds is 5. The first-order chi connectivity index (χ1) is 11.7. The van der Waals surface area contributed by atoms with Gasteiger partial charge in [0.25, 0.3) is 0 Å². The maximum Gasteiger partial charge on any atom is 0.415 e. The van der Waals surface area contributed by atoms with E-state index in [-0.39, 0.29) is 6.54 Å². The molecule has 0 spiro atoms. The molecule has 0 fully saturated rings. The summed E-state index contributed by atoms with van der Waals surface area (Å²) in [6.45, 7) is 9.33. The minimum atomic E-state index is -0.633. The quantitative estimate of drug-likeness (QED) is 0.819. The van der Waals surface area contributed by atoms with Crippen LogP contribution in [0.4, 0.5) is 10.5 Å². The summed E-state index contributed by atoms with van der Waals surface area (Å²) >= 11 is 0. The Morgan fingerprint density at radius 1 is 1.36 bits per heavy atom. The van der Waals surface area contributed by atoms with Crippen LogP contribution in [-0.4, -0.2) is 34.0 Å². The lowest BCUT2D eigenvalue weighted by Gasteiger charge is -2.27. The molecule has 25 heavy (non-hydrogen) atoms. The van der Waals surface area contributed by atoms with Crippen molar-refractivity contribution in [3.05, 3.63) is 29.6 Å². The molecular formula is C17H24N4O4. The Hall–Kier alpha value is -2.64. The van der Waals surface area contributed by atoms with Crippen LogP contribution in [0.3, 0.4) is 0 Å². The maximum atomic E-state index is 12.7. The lowest BCUT2D eigenvalue weighted by atomic mass is 10.1. The molecule has 136 valence electrons. The Bertz CT molecular complexity index is 723. The molecule has 0 radical (unpaired) electrons. The van der Waals surface area contributed by atoms with Gasteiger partial charge in [-0.3, -0.25) is 4.90 Å². The van der Waals surface area contributed by atoms with Crippen LogP contribution in [-0.2, 0) is 17.7 Å². The van der Waals surface area contributed by atoms with E-state index in [0.717, 1.165) is 5.56 Å². The molecule has 0 aliphatic rings. The number of hydrogen-bond acceptors (Lipinski definition) is 7. The Labute approximate surface area is 147 Å². The number of ether oxygens (including phenoxy) is 2. The van der Waals surface area contributed by atoms with Gasteiger partial charge >= 0.3 is 6.09 Å². The predicted molar refractivity (Wildman–Crippen MR) is 91.6 cm³/mol. The second kappa shape index (κ2) is 7.50. The van der Waals surface area contributed by atoms with Gasteiger partial charge in [-0.25, -0.2) is 9.78 Å². The van der Waals surface area contributed by atoms with Crippen molar-refractivity contribution < 1.29 is 18.7 Å². The first-order valence-electron chi connectivity index (χ1n) is 8.05. The fourth-order valence-corrected chi connectivity index (χ4v) is 2.28. The molecule has 8 nitrogen and oxygen atoms in total. The van der Waals surface area contributed by atoms with Crippen LogP contribution in [0.15, 0.2) is 16.9 Å². The molecule has 0 aliphatic carbocycles. The molecule has 8 heteroatoms. The number of aromatic nitrogens is 3. The van der Waals surface area contributed by atoms with Crippen LogP contribution in [0.1, 0.15) is 44.8 Å². The summed E-state index contributed by atoms with van der Waals surface area (Å²) in [6, 6.07) is 1.88.